The van der Waals surface area contributed by atoms with E-state index in [1.807, 2.05) is 79.7 Å². The third kappa shape index (κ3) is 5.47. The van der Waals surface area contributed by atoms with Gasteiger partial charge < -0.3 is 9.84 Å². The smallest absolute Gasteiger partial charge is 0.139 e. The molecule has 5 atom stereocenters. The lowest BCUT2D eigenvalue weighted by atomic mass is 9.80. The summed E-state index contributed by atoms with van der Waals surface area (Å²) in [5.74, 6) is 0.442. The second-order valence-electron chi connectivity index (χ2n) is 8.22. The predicted octanol–water partition coefficient (Wildman–Crippen LogP) is 6.21. The molecule has 1 aliphatic carbocycles. The number of rotatable bonds is 8. The lowest BCUT2D eigenvalue weighted by Gasteiger charge is -2.34. The van der Waals surface area contributed by atoms with Crippen LogP contribution in [0.5, 0.6) is 0 Å². The standard InChI is InChI=1S/C27H34O3/c1-3-13-24(25-20(4-2)14-11-12-19-23(25)28)30-27(22-17-9-6-10-18-22)26(29)21-15-7-5-8-16-21/h3,5-10,13,15-18,20,24-27,29H,4,11-12,14,19H2,1-2H3/b13-3+/t20-,24-,25+,26-,27-/m1/s1. The molecule has 160 valence electrons. The molecular formula is C27H34O3. The number of Topliss-reactive ketones (excluding diaryl/α,β-unsaturated/α-hetero) is 1. The van der Waals surface area contributed by atoms with Crippen LogP contribution in [0.2, 0.25) is 0 Å². The van der Waals surface area contributed by atoms with E-state index in [9.17, 15) is 9.90 Å². The molecule has 0 saturated heterocycles. The number of ketones is 1. The largest absolute Gasteiger partial charge is 0.385 e. The number of carbonyl (C=O) groups excluding carboxylic acids is 1. The molecule has 0 aliphatic heterocycles. The highest BCUT2D eigenvalue weighted by Crippen LogP contribution is 2.38. The molecule has 2 aromatic rings. The van der Waals surface area contributed by atoms with Gasteiger partial charge in [0.1, 0.15) is 18.0 Å². The first-order valence-electron chi connectivity index (χ1n) is 11.2. The molecule has 0 radical (unpaired) electrons. The first kappa shape index (κ1) is 22.5. The minimum atomic E-state index is -0.817. The summed E-state index contributed by atoms with van der Waals surface area (Å²) in [6.07, 6.45) is 6.94. The molecule has 0 amide bonds. The fourth-order valence-electron chi connectivity index (χ4n) is 4.64. The number of allylic oxidation sites excluding steroid dienone is 1. The molecule has 2 aromatic carbocycles. The highest BCUT2D eigenvalue weighted by molar-refractivity contribution is 5.82. The maximum absolute atomic E-state index is 13.1. The van der Waals surface area contributed by atoms with Crippen molar-refractivity contribution in [2.24, 2.45) is 11.8 Å². The van der Waals surface area contributed by atoms with Gasteiger partial charge in [0, 0.05) is 6.42 Å². The van der Waals surface area contributed by atoms with Gasteiger partial charge >= 0.3 is 0 Å². The van der Waals surface area contributed by atoms with Crippen LogP contribution in [0.15, 0.2) is 72.8 Å². The predicted molar refractivity (Wildman–Crippen MR) is 121 cm³/mol. The van der Waals surface area contributed by atoms with Gasteiger partial charge in [-0.25, -0.2) is 0 Å². The van der Waals surface area contributed by atoms with E-state index in [2.05, 4.69) is 6.92 Å². The van der Waals surface area contributed by atoms with E-state index in [1.54, 1.807) is 0 Å². The van der Waals surface area contributed by atoms with Crippen molar-refractivity contribution in [2.45, 2.75) is 64.3 Å². The van der Waals surface area contributed by atoms with Gasteiger partial charge in [-0.3, -0.25) is 4.79 Å². The molecular weight excluding hydrogens is 372 g/mol. The molecule has 3 nitrogen and oxygen atoms in total. The quantitative estimate of drug-likeness (QED) is 0.419. The minimum Gasteiger partial charge on any atom is -0.385 e. The van der Waals surface area contributed by atoms with E-state index >= 15 is 0 Å². The average molecular weight is 407 g/mol. The lowest BCUT2D eigenvalue weighted by Crippen LogP contribution is -2.36. The number of ether oxygens (including phenoxy) is 1. The molecule has 1 N–H and O–H groups in total. The van der Waals surface area contributed by atoms with Crippen LogP contribution in [0.1, 0.15) is 69.3 Å². The minimum absolute atomic E-state index is 0.164. The Morgan fingerprint density at radius 2 is 1.67 bits per heavy atom. The summed E-state index contributed by atoms with van der Waals surface area (Å²) in [7, 11) is 0. The fourth-order valence-corrected chi connectivity index (χ4v) is 4.64. The number of aliphatic hydroxyl groups excluding tert-OH is 1. The molecule has 1 fully saturated rings. The zero-order valence-corrected chi connectivity index (χ0v) is 18.1. The van der Waals surface area contributed by atoms with Crippen LogP contribution < -0.4 is 0 Å². The molecule has 30 heavy (non-hydrogen) atoms. The first-order valence-corrected chi connectivity index (χ1v) is 11.2. The van der Waals surface area contributed by atoms with Crippen molar-refractivity contribution in [2.75, 3.05) is 0 Å². The van der Waals surface area contributed by atoms with Crippen LogP contribution in [0.25, 0.3) is 0 Å². The molecule has 1 saturated carbocycles. The normalized spacial score (nSPS) is 23.1. The molecule has 0 spiro atoms. The molecule has 3 heteroatoms. The van der Waals surface area contributed by atoms with Crippen molar-refractivity contribution >= 4 is 5.78 Å². The highest BCUT2D eigenvalue weighted by atomic mass is 16.5. The van der Waals surface area contributed by atoms with Crippen molar-refractivity contribution in [3.8, 4) is 0 Å². The Balaban J connectivity index is 1.96. The first-order chi connectivity index (χ1) is 14.7. The number of hydrogen-bond acceptors (Lipinski definition) is 3. The van der Waals surface area contributed by atoms with Crippen LogP contribution >= 0.6 is 0 Å². The average Bonchev–Trinajstić information content (AvgIpc) is 2.98. The zero-order chi connectivity index (χ0) is 21.3. The fraction of sp³-hybridized carbons (Fsp3) is 0.444. The molecule has 0 unspecified atom stereocenters. The van der Waals surface area contributed by atoms with Crippen LogP contribution in [0.4, 0.5) is 0 Å². The van der Waals surface area contributed by atoms with Gasteiger partial charge in [-0.2, -0.15) is 0 Å². The summed E-state index contributed by atoms with van der Waals surface area (Å²) in [6.45, 7) is 4.13. The van der Waals surface area contributed by atoms with Gasteiger partial charge in [0.2, 0.25) is 0 Å². The van der Waals surface area contributed by atoms with Gasteiger partial charge in [0.25, 0.3) is 0 Å². The molecule has 0 heterocycles. The van der Waals surface area contributed by atoms with E-state index < -0.39 is 12.2 Å². The lowest BCUT2D eigenvalue weighted by molar-refractivity contribution is -0.135. The molecule has 3 rings (SSSR count). The van der Waals surface area contributed by atoms with E-state index in [4.69, 9.17) is 4.74 Å². The van der Waals surface area contributed by atoms with Gasteiger partial charge in [0.15, 0.2) is 0 Å². The van der Waals surface area contributed by atoms with E-state index in [-0.39, 0.29) is 12.0 Å². The van der Waals surface area contributed by atoms with Crippen molar-refractivity contribution in [1.82, 2.24) is 0 Å². The summed E-state index contributed by atoms with van der Waals surface area (Å²) in [5.41, 5.74) is 1.72. The number of hydrogen-bond donors (Lipinski definition) is 1. The Bertz CT molecular complexity index is 799. The molecule has 1 aliphatic rings. The number of aliphatic hydroxyl groups is 1. The summed E-state index contributed by atoms with van der Waals surface area (Å²) < 4.78 is 6.63. The van der Waals surface area contributed by atoms with Gasteiger partial charge in [0.05, 0.1) is 12.0 Å². The van der Waals surface area contributed by atoms with Crippen LogP contribution in [0.3, 0.4) is 0 Å². The summed E-state index contributed by atoms with van der Waals surface area (Å²) in [6, 6.07) is 19.5. The Kier molecular flexibility index (Phi) is 8.41. The summed E-state index contributed by atoms with van der Waals surface area (Å²) in [5, 5.41) is 11.3. The van der Waals surface area contributed by atoms with Crippen molar-refractivity contribution in [3.63, 3.8) is 0 Å². The maximum atomic E-state index is 13.1. The second-order valence-corrected chi connectivity index (χ2v) is 8.22. The number of benzene rings is 2. The second kappa shape index (κ2) is 11.2. The third-order valence-corrected chi connectivity index (χ3v) is 6.25. The van der Waals surface area contributed by atoms with E-state index in [0.717, 1.165) is 36.8 Å². The van der Waals surface area contributed by atoms with Crippen LogP contribution in [-0.4, -0.2) is 17.0 Å². The molecule has 0 bridgehead atoms. The van der Waals surface area contributed by atoms with Gasteiger partial charge in [-0.1, -0.05) is 92.6 Å². The summed E-state index contributed by atoms with van der Waals surface area (Å²) in [4.78, 5) is 13.1. The number of carbonyl (C=O) groups is 1. The Hall–Kier alpha value is -2.23. The van der Waals surface area contributed by atoms with E-state index in [1.165, 1.54) is 0 Å². The monoisotopic (exact) mass is 406 g/mol. The van der Waals surface area contributed by atoms with Crippen LogP contribution in [0, 0.1) is 11.8 Å². The summed E-state index contributed by atoms with van der Waals surface area (Å²) >= 11 is 0. The Labute approximate surface area is 180 Å². The van der Waals surface area contributed by atoms with Crippen molar-refractivity contribution < 1.29 is 14.6 Å². The Morgan fingerprint density at radius 3 is 2.27 bits per heavy atom. The van der Waals surface area contributed by atoms with Gasteiger partial charge in [-0.15, -0.1) is 0 Å². The topological polar surface area (TPSA) is 46.5 Å². The SMILES string of the molecule is C/C=C/[C@@H](O[C@H](c1ccccc1)[C@H](O)c1ccccc1)[C@@H]1C(=O)CCCC[C@H]1CC. The third-order valence-electron chi connectivity index (χ3n) is 6.25. The maximum Gasteiger partial charge on any atom is 0.139 e. The van der Waals surface area contributed by atoms with Crippen LogP contribution in [-0.2, 0) is 9.53 Å². The molecule has 0 aromatic heterocycles. The zero-order valence-electron chi connectivity index (χ0n) is 18.1. The van der Waals surface area contributed by atoms with Crippen molar-refractivity contribution in [1.29, 1.82) is 0 Å². The highest BCUT2D eigenvalue weighted by Gasteiger charge is 2.37. The van der Waals surface area contributed by atoms with Gasteiger partial charge in [-0.05, 0) is 36.8 Å². The van der Waals surface area contributed by atoms with E-state index in [0.29, 0.717) is 18.1 Å². The van der Waals surface area contributed by atoms with Crippen molar-refractivity contribution in [3.05, 3.63) is 83.9 Å². The Morgan fingerprint density at radius 1 is 1.03 bits per heavy atom.